The van der Waals surface area contributed by atoms with E-state index >= 15 is 0 Å². The van der Waals surface area contributed by atoms with Crippen molar-refractivity contribution in [3.05, 3.63) is 59.1 Å². The van der Waals surface area contributed by atoms with E-state index < -0.39 is 28.0 Å². The molecule has 0 spiro atoms. The summed E-state index contributed by atoms with van der Waals surface area (Å²) in [4.78, 5) is 11.9. The van der Waals surface area contributed by atoms with Gasteiger partial charge in [-0.2, -0.15) is 0 Å². The van der Waals surface area contributed by atoms with Crippen molar-refractivity contribution in [2.75, 3.05) is 13.1 Å². The largest absolute Gasteiger partial charge is 0.573 e. The standard InChI is InChI=1S/C16H14ClF3N2O4S/c17-12-2-1-3-14(10-12)27(24,25)22-9-8-21-15(23)11-4-6-13(7-5-11)26-16(18,19)20/h1-7,10,22H,8-9H2,(H,21,23). The molecule has 2 aromatic carbocycles. The Morgan fingerprint density at radius 1 is 1.07 bits per heavy atom. The van der Waals surface area contributed by atoms with E-state index in [2.05, 4.69) is 14.8 Å². The van der Waals surface area contributed by atoms with Crippen molar-refractivity contribution in [1.29, 1.82) is 0 Å². The summed E-state index contributed by atoms with van der Waals surface area (Å²) in [6.45, 7) is -0.116. The van der Waals surface area contributed by atoms with Crippen LogP contribution in [0.2, 0.25) is 5.02 Å². The number of nitrogens with one attached hydrogen (secondary N) is 2. The first-order chi connectivity index (χ1) is 12.6. The van der Waals surface area contributed by atoms with Gasteiger partial charge in [-0.1, -0.05) is 17.7 Å². The van der Waals surface area contributed by atoms with Crippen LogP contribution in [0.1, 0.15) is 10.4 Å². The Hall–Kier alpha value is -2.30. The van der Waals surface area contributed by atoms with E-state index in [9.17, 15) is 26.4 Å². The summed E-state index contributed by atoms with van der Waals surface area (Å²) in [6.07, 6.45) is -4.82. The molecule has 0 unspecified atom stereocenters. The number of carbonyl (C=O) groups excluding carboxylic acids is 1. The van der Waals surface area contributed by atoms with Crippen molar-refractivity contribution in [2.45, 2.75) is 11.3 Å². The van der Waals surface area contributed by atoms with E-state index in [0.717, 1.165) is 24.3 Å². The lowest BCUT2D eigenvalue weighted by Gasteiger charge is -2.10. The summed E-state index contributed by atoms with van der Waals surface area (Å²) in [5, 5.41) is 2.71. The zero-order valence-corrected chi connectivity index (χ0v) is 15.2. The third kappa shape index (κ3) is 6.74. The van der Waals surface area contributed by atoms with Gasteiger partial charge in [0.2, 0.25) is 10.0 Å². The molecule has 6 nitrogen and oxygen atoms in total. The minimum atomic E-state index is -4.82. The first kappa shape index (κ1) is 21.0. The smallest absolute Gasteiger partial charge is 0.406 e. The van der Waals surface area contributed by atoms with Crippen LogP contribution < -0.4 is 14.8 Å². The molecule has 0 bridgehead atoms. The quantitative estimate of drug-likeness (QED) is 0.672. The number of carbonyl (C=O) groups is 1. The maximum Gasteiger partial charge on any atom is 0.573 e. The molecule has 2 aromatic rings. The third-order valence-electron chi connectivity index (χ3n) is 3.16. The Balaban J connectivity index is 1.84. The van der Waals surface area contributed by atoms with Gasteiger partial charge >= 0.3 is 6.36 Å². The Morgan fingerprint density at radius 2 is 1.74 bits per heavy atom. The molecule has 0 aliphatic heterocycles. The third-order valence-corrected chi connectivity index (χ3v) is 4.85. The van der Waals surface area contributed by atoms with Crippen LogP contribution in [-0.2, 0) is 10.0 Å². The van der Waals surface area contributed by atoms with Crippen molar-refractivity contribution in [2.24, 2.45) is 0 Å². The molecule has 0 aromatic heterocycles. The van der Waals surface area contributed by atoms with E-state index in [1.54, 1.807) is 0 Å². The fraction of sp³-hybridized carbons (Fsp3) is 0.188. The molecule has 0 aliphatic carbocycles. The fourth-order valence-corrected chi connectivity index (χ4v) is 3.32. The highest BCUT2D eigenvalue weighted by atomic mass is 35.5. The second-order valence-corrected chi connectivity index (χ2v) is 7.39. The minimum absolute atomic E-state index is 0.0124. The van der Waals surface area contributed by atoms with Gasteiger partial charge in [-0.15, -0.1) is 13.2 Å². The van der Waals surface area contributed by atoms with Gasteiger partial charge in [-0.25, -0.2) is 13.1 Å². The Morgan fingerprint density at radius 3 is 2.33 bits per heavy atom. The van der Waals surface area contributed by atoms with E-state index in [4.69, 9.17) is 11.6 Å². The zero-order chi connectivity index (χ0) is 20.1. The van der Waals surface area contributed by atoms with Crippen LogP contribution >= 0.6 is 11.6 Å². The number of ether oxygens (including phenoxy) is 1. The van der Waals surface area contributed by atoms with Gasteiger partial charge in [0.15, 0.2) is 0 Å². The number of rotatable bonds is 7. The van der Waals surface area contributed by atoms with Gasteiger partial charge in [-0.05, 0) is 42.5 Å². The predicted molar refractivity (Wildman–Crippen MR) is 92.1 cm³/mol. The highest BCUT2D eigenvalue weighted by molar-refractivity contribution is 7.89. The number of amides is 1. The normalized spacial score (nSPS) is 11.9. The fourth-order valence-electron chi connectivity index (χ4n) is 1.99. The average molecular weight is 423 g/mol. The average Bonchev–Trinajstić information content (AvgIpc) is 2.58. The second kappa shape index (κ2) is 8.59. The van der Waals surface area contributed by atoms with E-state index in [1.165, 1.54) is 24.3 Å². The van der Waals surface area contributed by atoms with Crippen LogP contribution in [0.3, 0.4) is 0 Å². The molecule has 0 aliphatic rings. The lowest BCUT2D eigenvalue weighted by molar-refractivity contribution is -0.274. The van der Waals surface area contributed by atoms with Crippen LogP contribution in [0.25, 0.3) is 0 Å². The van der Waals surface area contributed by atoms with Crippen LogP contribution in [0.4, 0.5) is 13.2 Å². The molecular formula is C16H14ClF3N2O4S. The maximum atomic E-state index is 12.1. The van der Waals surface area contributed by atoms with Crippen LogP contribution in [-0.4, -0.2) is 33.8 Å². The Kier molecular flexibility index (Phi) is 6.68. The molecule has 0 saturated carbocycles. The molecule has 0 radical (unpaired) electrons. The number of alkyl halides is 3. The van der Waals surface area contributed by atoms with E-state index in [1.807, 2.05) is 0 Å². The first-order valence-corrected chi connectivity index (χ1v) is 9.32. The molecule has 27 heavy (non-hydrogen) atoms. The van der Waals surface area contributed by atoms with Gasteiger partial charge in [0, 0.05) is 23.7 Å². The molecule has 0 saturated heterocycles. The van der Waals surface area contributed by atoms with Crippen molar-refractivity contribution in [1.82, 2.24) is 10.0 Å². The van der Waals surface area contributed by atoms with Crippen LogP contribution in [0.15, 0.2) is 53.4 Å². The lowest BCUT2D eigenvalue weighted by atomic mass is 10.2. The summed E-state index contributed by atoms with van der Waals surface area (Å²) in [5.41, 5.74) is 0.0993. The SMILES string of the molecule is O=C(NCCNS(=O)(=O)c1cccc(Cl)c1)c1ccc(OC(F)(F)F)cc1. The monoisotopic (exact) mass is 422 g/mol. The van der Waals surface area contributed by atoms with E-state index in [-0.39, 0.29) is 28.6 Å². The highest BCUT2D eigenvalue weighted by Crippen LogP contribution is 2.22. The zero-order valence-electron chi connectivity index (χ0n) is 13.6. The van der Waals surface area contributed by atoms with Gasteiger partial charge in [0.1, 0.15) is 5.75 Å². The Labute approximate surface area is 158 Å². The first-order valence-electron chi connectivity index (χ1n) is 7.46. The van der Waals surface area contributed by atoms with Crippen molar-refractivity contribution < 1.29 is 31.1 Å². The molecule has 2 N–H and O–H groups in total. The van der Waals surface area contributed by atoms with Crippen molar-refractivity contribution >= 4 is 27.5 Å². The maximum absolute atomic E-state index is 12.1. The molecule has 2 rings (SSSR count). The topological polar surface area (TPSA) is 84.5 Å². The summed E-state index contributed by atoms with van der Waals surface area (Å²) in [6, 6.07) is 10.0. The number of sulfonamides is 1. The summed E-state index contributed by atoms with van der Waals surface area (Å²) in [5.74, 6) is -1.02. The van der Waals surface area contributed by atoms with E-state index in [0.29, 0.717) is 0 Å². The van der Waals surface area contributed by atoms with Crippen LogP contribution in [0.5, 0.6) is 5.75 Å². The number of hydrogen-bond acceptors (Lipinski definition) is 4. The summed E-state index contributed by atoms with van der Waals surface area (Å²) < 4.78 is 66.4. The summed E-state index contributed by atoms with van der Waals surface area (Å²) >= 11 is 5.75. The summed E-state index contributed by atoms with van der Waals surface area (Å²) in [7, 11) is -3.78. The Bertz CT molecular complexity index is 903. The number of benzene rings is 2. The molecule has 0 atom stereocenters. The molecule has 1 amide bonds. The van der Waals surface area contributed by atoms with Gasteiger partial charge in [-0.3, -0.25) is 4.79 Å². The van der Waals surface area contributed by atoms with Crippen molar-refractivity contribution in [3.8, 4) is 5.75 Å². The molecule has 0 fully saturated rings. The predicted octanol–water partition coefficient (Wildman–Crippen LogP) is 2.95. The van der Waals surface area contributed by atoms with Gasteiger partial charge in [0.05, 0.1) is 4.90 Å². The number of hydrogen-bond donors (Lipinski definition) is 2. The molecule has 0 heterocycles. The van der Waals surface area contributed by atoms with Crippen LogP contribution in [0, 0.1) is 0 Å². The highest BCUT2D eigenvalue weighted by Gasteiger charge is 2.31. The molecule has 146 valence electrons. The second-order valence-electron chi connectivity index (χ2n) is 5.18. The molecular weight excluding hydrogens is 409 g/mol. The molecule has 11 heteroatoms. The van der Waals surface area contributed by atoms with Gasteiger partial charge in [0.25, 0.3) is 5.91 Å². The van der Waals surface area contributed by atoms with Crippen molar-refractivity contribution in [3.63, 3.8) is 0 Å². The lowest BCUT2D eigenvalue weighted by Crippen LogP contribution is -2.34. The number of halogens is 4. The minimum Gasteiger partial charge on any atom is -0.406 e. The van der Waals surface area contributed by atoms with Gasteiger partial charge < -0.3 is 10.1 Å².